The number of rotatable bonds is 4. The summed E-state index contributed by atoms with van der Waals surface area (Å²) in [6.07, 6.45) is -0.105. The van der Waals surface area contributed by atoms with Crippen molar-refractivity contribution >= 4 is 11.8 Å². The zero-order valence-electron chi connectivity index (χ0n) is 11.1. The number of aliphatic carboxylic acids is 1. The zero-order valence-corrected chi connectivity index (χ0v) is 11.1. The van der Waals surface area contributed by atoms with Crippen molar-refractivity contribution in [3.8, 4) is 5.75 Å². The van der Waals surface area contributed by atoms with Crippen molar-refractivity contribution in [2.24, 2.45) is 5.92 Å². The third kappa shape index (κ3) is 2.70. The highest BCUT2D eigenvalue weighted by atomic mass is 16.4. The second-order valence-corrected chi connectivity index (χ2v) is 4.73. The van der Waals surface area contributed by atoms with Crippen molar-refractivity contribution in [1.29, 1.82) is 0 Å². The van der Waals surface area contributed by atoms with Gasteiger partial charge in [0.25, 0.3) is 0 Å². The highest BCUT2D eigenvalue weighted by Gasteiger charge is 2.22. The fourth-order valence-corrected chi connectivity index (χ4v) is 1.89. The van der Waals surface area contributed by atoms with Crippen LogP contribution in [0.2, 0.25) is 0 Å². The Morgan fingerprint density at radius 1 is 1.22 bits per heavy atom. The van der Waals surface area contributed by atoms with Crippen LogP contribution in [-0.2, 0) is 4.79 Å². The number of Topliss-reactive ketones (excluding diaryl/α,β-unsaturated/α-hetero) is 1. The van der Waals surface area contributed by atoms with Crippen LogP contribution in [0, 0.1) is 26.7 Å². The first-order chi connectivity index (χ1) is 8.25. The summed E-state index contributed by atoms with van der Waals surface area (Å²) in [6, 6.07) is 1.83. The van der Waals surface area contributed by atoms with E-state index in [-0.39, 0.29) is 23.5 Å². The van der Waals surface area contributed by atoms with Crippen LogP contribution in [0.3, 0.4) is 0 Å². The molecule has 1 rings (SSSR count). The molecule has 1 unspecified atom stereocenters. The van der Waals surface area contributed by atoms with Gasteiger partial charge in [-0.2, -0.15) is 0 Å². The summed E-state index contributed by atoms with van der Waals surface area (Å²) < 4.78 is 0. The maximum atomic E-state index is 12.0. The Morgan fingerprint density at radius 3 is 2.28 bits per heavy atom. The van der Waals surface area contributed by atoms with E-state index in [1.54, 1.807) is 13.8 Å². The molecule has 2 N–H and O–H groups in total. The van der Waals surface area contributed by atoms with E-state index in [0.29, 0.717) is 11.1 Å². The fourth-order valence-electron chi connectivity index (χ4n) is 1.89. The van der Waals surface area contributed by atoms with E-state index < -0.39 is 11.9 Å². The molecular formula is C14H18O4. The van der Waals surface area contributed by atoms with Gasteiger partial charge in [0.2, 0.25) is 0 Å². The SMILES string of the molecule is Cc1cc(C)c(C(=O)CC(C)C(=O)O)c(O)c1C. The van der Waals surface area contributed by atoms with E-state index in [0.717, 1.165) is 5.56 Å². The van der Waals surface area contributed by atoms with Gasteiger partial charge in [-0.15, -0.1) is 0 Å². The van der Waals surface area contributed by atoms with Gasteiger partial charge in [0.1, 0.15) is 5.75 Å². The number of hydrogen-bond acceptors (Lipinski definition) is 3. The predicted molar refractivity (Wildman–Crippen MR) is 68.1 cm³/mol. The number of carboxylic acid groups (broad SMARTS) is 1. The average molecular weight is 250 g/mol. The maximum absolute atomic E-state index is 12.0. The first kappa shape index (κ1) is 14.2. The minimum Gasteiger partial charge on any atom is -0.507 e. The molecule has 1 aromatic carbocycles. The third-order valence-electron chi connectivity index (χ3n) is 3.20. The highest BCUT2D eigenvalue weighted by Crippen LogP contribution is 2.30. The Bertz CT molecular complexity index is 503. The number of aryl methyl sites for hydroxylation is 2. The van der Waals surface area contributed by atoms with Crippen molar-refractivity contribution in [2.75, 3.05) is 0 Å². The summed E-state index contributed by atoms with van der Waals surface area (Å²) in [5, 5.41) is 18.8. The summed E-state index contributed by atoms with van der Waals surface area (Å²) >= 11 is 0. The lowest BCUT2D eigenvalue weighted by Gasteiger charge is -2.13. The molecule has 1 atom stereocenters. The third-order valence-corrected chi connectivity index (χ3v) is 3.20. The van der Waals surface area contributed by atoms with Gasteiger partial charge in [0.15, 0.2) is 5.78 Å². The number of aromatic hydroxyl groups is 1. The van der Waals surface area contributed by atoms with Crippen LogP contribution < -0.4 is 0 Å². The van der Waals surface area contributed by atoms with E-state index in [1.807, 2.05) is 13.0 Å². The van der Waals surface area contributed by atoms with Crippen molar-refractivity contribution in [3.63, 3.8) is 0 Å². The predicted octanol–water partition coefficient (Wildman–Crippen LogP) is 2.61. The number of phenols is 1. The Kier molecular flexibility index (Phi) is 4.11. The normalized spacial score (nSPS) is 12.2. The molecule has 0 saturated carbocycles. The molecule has 4 nitrogen and oxygen atoms in total. The lowest BCUT2D eigenvalue weighted by molar-refractivity contribution is -0.141. The molecule has 1 aromatic rings. The average Bonchev–Trinajstić information content (AvgIpc) is 2.25. The summed E-state index contributed by atoms with van der Waals surface area (Å²) in [6.45, 7) is 6.82. The van der Waals surface area contributed by atoms with Crippen molar-refractivity contribution in [3.05, 3.63) is 28.3 Å². The number of carbonyl (C=O) groups excluding carboxylic acids is 1. The highest BCUT2D eigenvalue weighted by molar-refractivity contribution is 6.01. The molecule has 0 aliphatic rings. The molecule has 0 fully saturated rings. The number of hydrogen-bond donors (Lipinski definition) is 2. The lowest BCUT2D eigenvalue weighted by Crippen LogP contribution is -2.15. The van der Waals surface area contributed by atoms with Gasteiger partial charge in [-0.25, -0.2) is 0 Å². The molecule has 4 heteroatoms. The van der Waals surface area contributed by atoms with E-state index in [1.165, 1.54) is 6.92 Å². The van der Waals surface area contributed by atoms with Gasteiger partial charge in [-0.3, -0.25) is 9.59 Å². The first-order valence-electron chi connectivity index (χ1n) is 5.81. The second-order valence-electron chi connectivity index (χ2n) is 4.73. The Morgan fingerprint density at radius 2 is 1.78 bits per heavy atom. The molecule has 0 radical (unpaired) electrons. The van der Waals surface area contributed by atoms with E-state index in [4.69, 9.17) is 5.11 Å². The Labute approximate surface area is 106 Å². The smallest absolute Gasteiger partial charge is 0.306 e. The summed E-state index contributed by atoms with van der Waals surface area (Å²) in [5.41, 5.74) is 2.49. The van der Waals surface area contributed by atoms with Crippen LogP contribution >= 0.6 is 0 Å². The molecule has 0 spiro atoms. The first-order valence-corrected chi connectivity index (χ1v) is 5.81. The van der Waals surface area contributed by atoms with Crippen LogP contribution in [0.1, 0.15) is 40.4 Å². The summed E-state index contributed by atoms with van der Waals surface area (Å²) in [7, 11) is 0. The summed E-state index contributed by atoms with van der Waals surface area (Å²) in [4.78, 5) is 22.8. The Hall–Kier alpha value is -1.84. The van der Waals surface area contributed by atoms with Gasteiger partial charge in [0, 0.05) is 6.42 Å². The molecular weight excluding hydrogens is 232 g/mol. The van der Waals surface area contributed by atoms with E-state index in [9.17, 15) is 14.7 Å². The number of carbonyl (C=O) groups is 2. The molecule has 0 amide bonds. The minimum absolute atomic E-state index is 0.0323. The topological polar surface area (TPSA) is 74.6 Å². The molecule has 0 heterocycles. The number of phenolic OH excluding ortho intramolecular Hbond substituents is 1. The van der Waals surface area contributed by atoms with Crippen molar-refractivity contribution in [2.45, 2.75) is 34.1 Å². The molecule has 0 aliphatic carbocycles. The minimum atomic E-state index is -1.01. The Balaban J connectivity index is 3.14. The van der Waals surface area contributed by atoms with Crippen molar-refractivity contribution in [1.82, 2.24) is 0 Å². The van der Waals surface area contributed by atoms with Crippen LogP contribution in [0.4, 0.5) is 0 Å². The van der Waals surface area contributed by atoms with Crippen molar-refractivity contribution < 1.29 is 19.8 Å². The largest absolute Gasteiger partial charge is 0.507 e. The van der Waals surface area contributed by atoms with Gasteiger partial charge >= 0.3 is 5.97 Å². The molecule has 18 heavy (non-hydrogen) atoms. The molecule has 0 bridgehead atoms. The monoisotopic (exact) mass is 250 g/mol. The molecule has 0 aromatic heterocycles. The zero-order chi connectivity index (χ0) is 14.0. The lowest BCUT2D eigenvalue weighted by atomic mass is 9.92. The van der Waals surface area contributed by atoms with Crippen LogP contribution in [0.15, 0.2) is 6.07 Å². The van der Waals surface area contributed by atoms with Gasteiger partial charge in [-0.05, 0) is 37.5 Å². The fraction of sp³-hybridized carbons (Fsp3) is 0.429. The van der Waals surface area contributed by atoms with E-state index >= 15 is 0 Å². The number of carboxylic acids is 1. The molecule has 98 valence electrons. The number of ketones is 1. The quantitative estimate of drug-likeness (QED) is 0.805. The second kappa shape index (κ2) is 5.21. The van der Waals surface area contributed by atoms with Gasteiger partial charge in [0.05, 0.1) is 11.5 Å². The molecule has 0 aliphatic heterocycles. The molecule has 0 saturated heterocycles. The standard InChI is InChI=1S/C14H18O4/c1-7-5-8(2)12(13(16)10(7)4)11(15)6-9(3)14(17)18/h5,9,16H,6H2,1-4H3,(H,17,18). The van der Waals surface area contributed by atoms with Gasteiger partial charge in [-0.1, -0.05) is 13.0 Å². The number of benzene rings is 1. The van der Waals surface area contributed by atoms with Crippen LogP contribution in [0.5, 0.6) is 5.75 Å². The maximum Gasteiger partial charge on any atom is 0.306 e. The van der Waals surface area contributed by atoms with Crippen LogP contribution in [-0.4, -0.2) is 22.0 Å². The van der Waals surface area contributed by atoms with Gasteiger partial charge < -0.3 is 10.2 Å². The van der Waals surface area contributed by atoms with Crippen LogP contribution in [0.25, 0.3) is 0 Å². The van der Waals surface area contributed by atoms with E-state index in [2.05, 4.69) is 0 Å². The summed E-state index contributed by atoms with van der Waals surface area (Å²) in [5.74, 6) is -2.12.